The van der Waals surface area contributed by atoms with Crippen LogP contribution >= 0.6 is 11.8 Å². The number of thioether (sulfide) groups is 1. The summed E-state index contributed by atoms with van der Waals surface area (Å²) in [6, 6.07) is 1.20. The van der Waals surface area contributed by atoms with Crippen molar-refractivity contribution in [1.29, 1.82) is 0 Å². The third kappa shape index (κ3) is 2.86. The van der Waals surface area contributed by atoms with Crippen molar-refractivity contribution in [2.75, 3.05) is 25.1 Å². The van der Waals surface area contributed by atoms with Gasteiger partial charge in [0.25, 0.3) is 0 Å². The summed E-state index contributed by atoms with van der Waals surface area (Å²) in [5.74, 6) is 3.45. The van der Waals surface area contributed by atoms with E-state index in [0.29, 0.717) is 12.1 Å². The maximum atomic E-state index is 5.84. The number of rotatable bonds is 4. The van der Waals surface area contributed by atoms with Crippen LogP contribution in [0.3, 0.4) is 0 Å². The number of nitrogens with zero attached hydrogens (tertiary/aromatic N) is 1. The molecule has 13 heavy (non-hydrogen) atoms. The fraction of sp³-hybridized carbons (Fsp3) is 1.00. The van der Waals surface area contributed by atoms with Crippen LogP contribution in [0.2, 0.25) is 0 Å². The SMILES string of the molecule is CC(C)N(C)C(CN)C1CCSC1. The largest absolute Gasteiger partial charge is 0.329 e. The lowest BCUT2D eigenvalue weighted by Gasteiger charge is -2.34. The van der Waals surface area contributed by atoms with Crippen LogP contribution in [-0.2, 0) is 0 Å². The van der Waals surface area contributed by atoms with E-state index in [-0.39, 0.29) is 0 Å². The Kier molecular flexibility index (Phi) is 4.56. The van der Waals surface area contributed by atoms with Crippen LogP contribution in [0.25, 0.3) is 0 Å². The smallest absolute Gasteiger partial charge is 0.0254 e. The summed E-state index contributed by atoms with van der Waals surface area (Å²) in [6.07, 6.45) is 1.35. The van der Waals surface area contributed by atoms with Crippen LogP contribution in [-0.4, -0.2) is 42.1 Å². The summed E-state index contributed by atoms with van der Waals surface area (Å²) >= 11 is 2.07. The van der Waals surface area contributed by atoms with E-state index < -0.39 is 0 Å². The molecular weight excluding hydrogens is 180 g/mol. The van der Waals surface area contributed by atoms with Gasteiger partial charge in [0, 0.05) is 18.6 Å². The van der Waals surface area contributed by atoms with Crippen molar-refractivity contribution < 1.29 is 0 Å². The summed E-state index contributed by atoms with van der Waals surface area (Å²) in [5, 5.41) is 0. The fourth-order valence-electron chi connectivity index (χ4n) is 1.93. The molecular formula is C10H22N2S. The van der Waals surface area contributed by atoms with Crippen molar-refractivity contribution in [2.24, 2.45) is 11.7 Å². The van der Waals surface area contributed by atoms with Crippen LogP contribution < -0.4 is 5.73 Å². The zero-order chi connectivity index (χ0) is 9.84. The first kappa shape index (κ1) is 11.3. The van der Waals surface area contributed by atoms with E-state index in [1.807, 2.05) is 0 Å². The molecule has 1 rings (SSSR count). The highest BCUT2D eigenvalue weighted by atomic mass is 32.2. The second kappa shape index (κ2) is 5.23. The Morgan fingerprint density at radius 3 is 2.62 bits per heavy atom. The lowest BCUT2D eigenvalue weighted by atomic mass is 9.97. The summed E-state index contributed by atoms with van der Waals surface area (Å²) < 4.78 is 0. The molecule has 0 aliphatic carbocycles. The molecule has 0 aromatic carbocycles. The summed E-state index contributed by atoms with van der Waals surface area (Å²) in [6.45, 7) is 5.29. The molecule has 0 spiro atoms. The Labute approximate surface area is 86.2 Å². The molecule has 2 N–H and O–H groups in total. The molecule has 1 saturated heterocycles. The molecule has 0 saturated carbocycles. The molecule has 0 radical (unpaired) electrons. The summed E-state index contributed by atoms with van der Waals surface area (Å²) in [4.78, 5) is 2.43. The monoisotopic (exact) mass is 202 g/mol. The predicted molar refractivity (Wildman–Crippen MR) is 61.2 cm³/mol. The molecule has 2 atom stereocenters. The molecule has 1 aliphatic rings. The minimum absolute atomic E-state index is 0.593. The number of likely N-dealkylation sites (N-methyl/N-ethyl adjacent to an activating group) is 1. The number of nitrogens with two attached hydrogens (primary N) is 1. The van der Waals surface area contributed by atoms with Crippen molar-refractivity contribution in [3.63, 3.8) is 0 Å². The van der Waals surface area contributed by atoms with Gasteiger partial charge in [-0.1, -0.05) is 0 Å². The normalized spacial score (nSPS) is 25.8. The maximum Gasteiger partial charge on any atom is 0.0254 e. The van der Waals surface area contributed by atoms with E-state index in [0.717, 1.165) is 12.5 Å². The average molecular weight is 202 g/mol. The van der Waals surface area contributed by atoms with Crippen molar-refractivity contribution in [2.45, 2.75) is 32.4 Å². The first-order valence-corrected chi connectivity index (χ1v) is 6.32. The highest BCUT2D eigenvalue weighted by molar-refractivity contribution is 7.99. The zero-order valence-electron chi connectivity index (χ0n) is 8.99. The number of hydrogen-bond acceptors (Lipinski definition) is 3. The molecule has 0 aromatic heterocycles. The van der Waals surface area contributed by atoms with E-state index in [2.05, 4.69) is 37.6 Å². The molecule has 3 heteroatoms. The minimum Gasteiger partial charge on any atom is -0.329 e. The van der Waals surface area contributed by atoms with Gasteiger partial charge in [-0.25, -0.2) is 0 Å². The van der Waals surface area contributed by atoms with Crippen molar-refractivity contribution >= 4 is 11.8 Å². The predicted octanol–water partition coefficient (Wildman–Crippen LogP) is 1.41. The third-order valence-electron chi connectivity index (χ3n) is 3.09. The fourth-order valence-corrected chi connectivity index (χ4v) is 3.26. The van der Waals surface area contributed by atoms with Gasteiger partial charge < -0.3 is 5.73 Å². The molecule has 78 valence electrons. The molecule has 1 fully saturated rings. The van der Waals surface area contributed by atoms with E-state index in [9.17, 15) is 0 Å². The summed E-state index contributed by atoms with van der Waals surface area (Å²) in [5.41, 5.74) is 5.84. The summed E-state index contributed by atoms with van der Waals surface area (Å²) in [7, 11) is 2.20. The maximum absolute atomic E-state index is 5.84. The average Bonchev–Trinajstić information content (AvgIpc) is 2.58. The lowest BCUT2D eigenvalue weighted by molar-refractivity contribution is 0.154. The second-order valence-electron chi connectivity index (χ2n) is 4.19. The Morgan fingerprint density at radius 2 is 2.23 bits per heavy atom. The van der Waals surface area contributed by atoms with Crippen LogP contribution in [0.1, 0.15) is 20.3 Å². The van der Waals surface area contributed by atoms with Gasteiger partial charge in [0.15, 0.2) is 0 Å². The van der Waals surface area contributed by atoms with E-state index >= 15 is 0 Å². The Balaban J connectivity index is 2.49. The molecule has 0 bridgehead atoms. The van der Waals surface area contributed by atoms with Gasteiger partial charge in [0.05, 0.1) is 0 Å². The van der Waals surface area contributed by atoms with Gasteiger partial charge in [-0.15, -0.1) is 0 Å². The van der Waals surface area contributed by atoms with Crippen LogP contribution in [0.4, 0.5) is 0 Å². The van der Waals surface area contributed by atoms with E-state index in [1.54, 1.807) is 0 Å². The first-order chi connectivity index (χ1) is 6.16. The quantitative estimate of drug-likeness (QED) is 0.747. The van der Waals surface area contributed by atoms with Crippen molar-refractivity contribution in [3.8, 4) is 0 Å². The van der Waals surface area contributed by atoms with Gasteiger partial charge in [-0.2, -0.15) is 11.8 Å². The second-order valence-corrected chi connectivity index (χ2v) is 5.34. The van der Waals surface area contributed by atoms with Gasteiger partial charge in [-0.3, -0.25) is 4.90 Å². The Bertz CT molecular complexity index is 142. The van der Waals surface area contributed by atoms with Crippen molar-refractivity contribution in [3.05, 3.63) is 0 Å². The van der Waals surface area contributed by atoms with Crippen LogP contribution in [0, 0.1) is 5.92 Å². The first-order valence-electron chi connectivity index (χ1n) is 5.16. The lowest BCUT2D eigenvalue weighted by Crippen LogP contribution is -2.46. The topological polar surface area (TPSA) is 29.3 Å². The molecule has 2 nitrogen and oxygen atoms in total. The Morgan fingerprint density at radius 1 is 1.54 bits per heavy atom. The van der Waals surface area contributed by atoms with E-state index in [1.165, 1.54) is 17.9 Å². The minimum atomic E-state index is 0.593. The van der Waals surface area contributed by atoms with Crippen molar-refractivity contribution in [1.82, 2.24) is 4.90 Å². The third-order valence-corrected chi connectivity index (χ3v) is 4.28. The van der Waals surface area contributed by atoms with Crippen LogP contribution in [0.15, 0.2) is 0 Å². The van der Waals surface area contributed by atoms with E-state index in [4.69, 9.17) is 5.73 Å². The highest BCUT2D eigenvalue weighted by Gasteiger charge is 2.28. The Hall–Kier alpha value is 0.270. The molecule has 0 amide bonds. The molecule has 0 aromatic rings. The zero-order valence-corrected chi connectivity index (χ0v) is 9.81. The van der Waals surface area contributed by atoms with Gasteiger partial charge >= 0.3 is 0 Å². The van der Waals surface area contributed by atoms with Gasteiger partial charge in [0.1, 0.15) is 0 Å². The highest BCUT2D eigenvalue weighted by Crippen LogP contribution is 2.28. The molecule has 1 heterocycles. The van der Waals surface area contributed by atoms with Gasteiger partial charge in [0.2, 0.25) is 0 Å². The number of hydrogen-bond donors (Lipinski definition) is 1. The standard InChI is InChI=1S/C10H22N2S/c1-8(2)12(3)10(6-11)9-4-5-13-7-9/h8-10H,4-7,11H2,1-3H3. The molecule has 1 aliphatic heterocycles. The molecule has 2 unspecified atom stereocenters. The van der Waals surface area contributed by atoms with Crippen LogP contribution in [0.5, 0.6) is 0 Å². The van der Waals surface area contributed by atoms with Gasteiger partial charge in [-0.05, 0) is 44.7 Å².